The van der Waals surface area contributed by atoms with E-state index in [1.165, 1.54) is 101 Å². The van der Waals surface area contributed by atoms with Crippen molar-refractivity contribution in [2.75, 3.05) is 19.6 Å². The highest BCUT2D eigenvalue weighted by atomic mass is 15.2. The van der Waals surface area contributed by atoms with Crippen molar-refractivity contribution in [3.8, 4) is 33.4 Å². The molecule has 0 spiro atoms. The van der Waals surface area contributed by atoms with Gasteiger partial charge >= 0.3 is 0 Å². The number of fused-ring (bicyclic) bond motifs is 6. The van der Waals surface area contributed by atoms with Crippen molar-refractivity contribution < 1.29 is 0 Å². The molecule has 0 saturated carbocycles. The number of anilines is 12. The predicted octanol–water partition coefficient (Wildman–Crippen LogP) is 24.0. The van der Waals surface area contributed by atoms with Gasteiger partial charge in [-0.15, -0.1) is 0 Å². The summed E-state index contributed by atoms with van der Waals surface area (Å²) >= 11 is 0. The Kier molecular flexibility index (Phi) is 13.3. The Labute approximate surface area is 529 Å². The van der Waals surface area contributed by atoms with Crippen LogP contribution in [0.15, 0.2) is 309 Å². The van der Waals surface area contributed by atoms with Gasteiger partial charge < -0.3 is 19.6 Å². The van der Waals surface area contributed by atoms with Crippen LogP contribution in [0.4, 0.5) is 68.2 Å². The van der Waals surface area contributed by atoms with Crippen molar-refractivity contribution in [3.05, 3.63) is 343 Å². The first kappa shape index (κ1) is 54.5. The maximum absolute atomic E-state index is 2.53. The minimum Gasteiger partial charge on any atom is -0.310 e. The summed E-state index contributed by atoms with van der Waals surface area (Å²) in [5, 5.41) is 2.44. The zero-order valence-corrected chi connectivity index (χ0v) is 51.2. The minimum atomic E-state index is -0.349. The molecule has 90 heavy (non-hydrogen) atoms. The highest BCUT2D eigenvalue weighted by Gasteiger charge is 2.40. The molecule has 2 heterocycles. The Morgan fingerprint density at radius 3 is 1.17 bits per heavy atom. The van der Waals surface area contributed by atoms with Crippen LogP contribution in [-0.4, -0.2) is 0 Å². The summed E-state index contributed by atoms with van der Waals surface area (Å²) in [5.74, 6) is 0. The van der Waals surface area contributed by atoms with E-state index in [1.54, 1.807) is 0 Å². The topological polar surface area (TPSA) is 13.0 Å². The molecular weight excluding hydrogens is 1090 g/mol. The van der Waals surface area contributed by atoms with Gasteiger partial charge in [-0.3, -0.25) is 0 Å². The molecule has 13 aromatic rings. The third-order valence-corrected chi connectivity index (χ3v) is 19.2. The molecule has 3 aliphatic rings. The van der Waals surface area contributed by atoms with Gasteiger partial charge in [0, 0.05) is 55.9 Å². The fourth-order valence-electron chi connectivity index (χ4n) is 14.6. The summed E-state index contributed by atoms with van der Waals surface area (Å²) in [4.78, 5) is 9.85. The molecule has 0 amide bonds. The van der Waals surface area contributed by atoms with Crippen LogP contribution in [0.2, 0.25) is 0 Å². The van der Waals surface area contributed by atoms with E-state index in [0.717, 1.165) is 58.1 Å². The summed E-state index contributed by atoms with van der Waals surface area (Å²) in [6.45, 7) is 9.60. The van der Waals surface area contributed by atoms with Crippen LogP contribution in [0, 0.1) is 0 Å². The number of hydrogen-bond donors (Lipinski definition) is 0. The Hall–Kier alpha value is -10.9. The third-order valence-electron chi connectivity index (χ3n) is 19.2. The first-order chi connectivity index (χ1) is 44.2. The van der Waals surface area contributed by atoms with Gasteiger partial charge in [-0.05, 0) is 201 Å². The Bertz CT molecular complexity index is 4870. The smallest absolute Gasteiger partial charge is 0.0540 e. The van der Waals surface area contributed by atoms with Gasteiger partial charge in [0.15, 0.2) is 0 Å². The van der Waals surface area contributed by atoms with Gasteiger partial charge in [-0.2, -0.15) is 0 Å². The molecule has 0 bridgehead atoms. The fourth-order valence-corrected chi connectivity index (χ4v) is 14.6. The standard InChI is InChI=1S/C86H68N4/c1-85(2)75-55-65(59-23-9-5-10-24-59)43-51-81(75)89(79-37-21-29-63-27-17-19-35-73(63)79)83-53-49-71(57-77(83)85)87(67-31-13-7-14-32-67)69-45-39-61(40-46-69)62-41-47-70(48-42-62)88(68-33-15-8-16-34-68)72-50-54-84-78(58-72)86(3,4)76-56-66(60-25-11-6-12-26-60)44-52-82(76)90(84)80-38-22-30-64-28-18-20-36-74(64)80/h5-17,19-27,29-58H,18,28H2,1-4H3. The van der Waals surface area contributed by atoms with Gasteiger partial charge in [0.05, 0.1) is 34.1 Å². The maximum Gasteiger partial charge on any atom is 0.0540 e. The second-order valence-corrected chi connectivity index (χ2v) is 25.2. The van der Waals surface area contributed by atoms with Gasteiger partial charge in [0.2, 0.25) is 0 Å². The number of rotatable bonds is 11. The van der Waals surface area contributed by atoms with E-state index in [2.05, 4.69) is 363 Å². The Morgan fingerprint density at radius 1 is 0.289 bits per heavy atom. The molecule has 0 saturated heterocycles. The van der Waals surface area contributed by atoms with Crippen molar-refractivity contribution in [1.82, 2.24) is 0 Å². The number of allylic oxidation sites excluding steroid dienone is 1. The molecule has 1 aliphatic carbocycles. The second-order valence-electron chi connectivity index (χ2n) is 25.2. The zero-order chi connectivity index (χ0) is 60.5. The average molecular weight is 1160 g/mol. The van der Waals surface area contributed by atoms with Crippen LogP contribution in [0.1, 0.15) is 67.5 Å². The highest BCUT2D eigenvalue weighted by Crippen LogP contribution is 2.57. The summed E-state index contributed by atoms with van der Waals surface area (Å²) in [6, 6.07) is 112. The number of para-hydroxylation sites is 2. The molecule has 2 aliphatic heterocycles. The van der Waals surface area contributed by atoms with Crippen molar-refractivity contribution >= 4 is 85.1 Å². The lowest BCUT2D eigenvalue weighted by Gasteiger charge is -2.43. The van der Waals surface area contributed by atoms with Crippen LogP contribution >= 0.6 is 0 Å². The molecule has 0 unspecified atom stereocenters. The van der Waals surface area contributed by atoms with Crippen molar-refractivity contribution in [2.24, 2.45) is 0 Å². The number of aryl methyl sites for hydroxylation is 1. The van der Waals surface area contributed by atoms with E-state index in [-0.39, 0.29) is 10.8 Å². The lowest BCUT2D eigenvalue weighted by molar-refractivity contribution is 0.632. The van der Waals surface area contributed by atoms with Crippen LogP contribution in [0.3, 0.4) is 0 Å². The third kappa shape index (κ3) is 9.29. The molecule has 0 N–H and O–H groups in total. The summed E-state index contributed by atoms with van der Waals surface area (Å²) in [5.41, 5.74) is 28.1. The summed E-state index contributed by atoms with van der Waals surface area (Å²) in [6.07, 6.45) is 6.78. The summed E-state index contributed by atoms with van der Waals surface area (Å²) < 4.78 is 0. The molecular formula is C86H68N4. The molecule has 4 heteroatoms. The van der Waals surface area contributed by atoms with Crippen LogP contribution < -0.4 is 19.6 Å². The second kappa shape index (κ2) is 22.0. The molecule has 0 aromatic heterocycles. The molecule has 16 rings (SSSR count). The predicted molar refractivity (Wildman–Crippen MR) is 381 cm³/mol. The first-order valence-corrected chi connectivity index (χ1v) is 31.6. The van der Waals surface area contributed by atoms with E-state index in [0.29, 0.717) is 0 Å². The van der Waals surface area contributed by atoms with Crippen LogP contribution in [-0.2, 0) is 17.3 Å². The Balaban J connectivity index is 0.761. The summed E-state index contributed by atoms with van der Waals surface area (Å²) in [7, 11) is 0. The van der Waals surface area contributed by atoms with Crippen molar-refractivity contribution in [2.45, 2.75) is 51.4 Å². The Morgan fingerprint density at radius 2 is 0.656 bits per heavy atom. The molecule has 0 fully saturated rings. The quantitative estimate of drug-likeness (QED) is 0.128. The minimum absolute atomic E-state index is 0.337. The number of benzene rings is 13. The zero-order valence-electron chi connectivity index (χ0n) is 51.2. The largest absolute Gasteiger partial charge is 0.310 e. The van der Waals surface area contributed by atoms with Gasteiger partial charge in [-0.25, -0.2) is 0 Å². The number of nitrogens with zero attached hydrogens (tertiary/aromatic N) is 4. The monoisotopic (exact) mass is 1160 g/mol. The average Bonchev–Trinajstić information content (AvgIpc) is 0.754. The molecule has 432 valence electrons. The van der Waals surface area contributed by atoms with Gasteiger partial charge in [0.25, 0.3) is 0 Å². The lowest BCUT2D eigenvalue weighted by Crippen LogP contribution is -2.31. The van der Waals surface area contributed by atoms with Crippen molar-refractivity contribution in [1.29, 1.82) is 0 Å². The molecule has 0 atom stereocenters. The first-order valence-electron chi connectivity index (χ1n) is 31.6. The van der Waals surface area contributed by atoms with Gasteiger partial charge in [0.1, 0.15) is 0 Å². The van der Waals surface area contributed by atoms with E-state index in [9.17, 15) is 0 Å². The SMILES string of the molecule is CC1(C)c2cc(-c3ccccc3)ccc2N(c2cccc3c2C=CCC3)c2ccc(N(c3ccccc3)c3ccc(-c4ccc(N(c5ccccc5)c5ccc6c(c5)C(C)(C)c5cc(-c7ccccc7)ccc5N6c5cccc6ccccc56)cc4)cc3)cc21. The maximum atomic E-state index is 2.53. The fraction of sp³-hybridized carbons (Fsp3) is 0.0930. The van der Waals surface area contributed by atoms with E-state index >= 15 is 0 Å². The van der Waals surface area contributed by atoms with Crippen molar-refractivity contribution in [3.63, 3.8) is 0 Å². The van der Waals surface area contributed by atoms with E-state index in [1.807, 2.05) is 0 Å². The molecule has 0 radical (unpaired) electrons. The molecule has 13 aromatic carbocycles. The normalized spacial score (nSPS) is 14.0. The van der Waals surface area contributed by atoms with E-state index in [4.69, 9.17) is 0 Å². The number of hydrogen-bond acceptors (Lipinski definition) is 4. The van der Waals surface area contributed by atoms with E-state index < -0.39 is 0 Å². The lowest BCUT2D eigenvalue weighted by atomic mass is 9.72. The van der Waals surface area contributed by atoms with Gasteiger partial charge in [-0.1, -0.05) is 222 Å². The molecule has 4 nitrogen and oxygen atoms in total. The highest BCUT2D eigenvalue weighted by molar-refractivity contribution is 6.02. The van der Waals surface area contributed by atoms with Crippen LogP contribution in [0.25, 0.3) is 50.2 Å². The van der Waals surface area contributed by atoms with Crippen LogP contribution in [0.5, 0.6) is 0 Å².